The second-order valence-electron chi connectivity index (χ2n) is 3.44. The van der Waals surface area contributed by atoms with Crippen molar-refractivity contribution in [3.63, 3.8) is 0 Å². The van der Waals surface area contributed by atoms with E-state index in [-0.39, 0.29) is 22.8 Å². The van der Waals surface area contributed by atoms with Gasteiger partial charge in [0.25, 0.3) is 0 Å². The van der Waals surface area contributed by atoms with Gasteiger partial charge in [0.2, 0.25) is 5.88 Å². The molecule has 0 saturated carbocycles. The summed E-state index contributed by atoms with van der Waals surface area (Å²) in [4.78, 5) is 6.84. The third kappa shape index (κ3) is 1.62. The fraction of sp³-hybridized carbons (Fsp3) is 0.0833. The molecule has 2 aromatic heterocycles. The minimum Gasteiger partial charge on any atom is -0.480 e. The molecule has 88 valence electrons. The van der Waals surface area contributed by atoms with Gasteiger partial charge in [-0.3, -0.25) is 0 Å². The Hall–Kier alpha value is -2.99. The highest BCUT2D eigenvalue weighted by Crippen LogP contribution is 2.33. The van der Waals surface area contributed by atoms with Gasteiger partial charge in [-0.15, -0.1) is 0 Å². The van der Waals surface area contributed by atoms with Gasteiger partial charge in [-0.2, -0.15) is 15.5 Å². The van der Waals surface area contributed by atoms with Crippen LogP contribution in [-0.2, 0) is 0 Å². The lowest BCUT2D eigenvalue weighted by Gasteiger charge is -2.10. The number of aromatic nitrogens is 2. The smallest absolute Gasteiger partial charge is 0.234 e. The summed E-state index contributed by atoms with van der Waals surface area (Å²) in [5, 5.41) is 18.4. The molecule has 6 nitrogen and oxygen atoms in total. The number of H-pyrrole nitrogens is 1. The maximum atomic E-state index is 9.21. The summed E-state index contributed by atoms with van der Waals surface area (Å²) < 4.78 is 5.02. The normalized spacial score (nSPS) is 9.50. The van der Waals surface area contributed by atoms with Crippen LogP contribution in [0.4, 0.5) is 5.82 Å². The number of hydrogen-bond acceptors (Lipinski definition) is 5. The number of aromatic amines is 1. The van der Waals surface area contributed by atoms with Crippen LogP contribution in [0.3, 0.4) is 0 Å². The Labute approximate surface area is 103 Å². The Morgan fingerprint density at radius 2 is 2.06 bits per heavy atom. The Bertz CT molecular complexity index is 661. The maximum absolute atomic E-state index is 9.21. The summed E-state index contributed by atoms with van der Waals surface area (Å²) in [5.41, 5.74) is 7.08. The van der Waals surface area contributed by atoms with Crippen LogP contribution in [0.25, 0.3) is 11.3 Å². The molecule has 0 saturated heterocycles. The Morgan fingerprint density at radius 3 is 2.56 bits per heavy atom. The van der Waals surface area contributed by atoms with Crippen molar-refractivity contribution < 1.29 is 4.74 Å². The van der Waals surface area contributed by atoms with E-state index in [1.54, 1.807) is 18.3 Å². The second kappa shape index (κ2) is 4.48. The molecule has 0 fully saturated rings. The average Bonchev–Trinajstić information content (AvgIpc) is 2.90. The Morgan fingerprint density at radius 1 is 1.33 bits per heavy atom. The molecule has 0 atom stereocenters. The summed E-state index contributed by atoms with van der Waals surface area (Å²) in [6, 6.07) is 7.47. The monoisotopic (exact) mass is 239 g/mol. The van der Waals surface area contributed by atoms with E-state index in [1.165, 1.54) is 7.11 Å². The van der Waals surface area contributed by atoms with Crippen molar-refractivity contribution in [1.29, 1.82) is 10.5 Å². The van der Waals surface area contributed by atoms with Gasteiger partial charge < -0.3 is 15.5 Å². The lowest BCUT2D eigenvalue weighted by molar-refractivity contribution is 0.397. The minimum absolute atomic E-state index is 0.0398. The van der Waals surface area contributed by atoms with Crippen molar-refractivity contribution in [3.8, 4) is 29.3 Å². The predicted molar refractivity (Wildman–Crippen MR) is 64.4 cm³/mol. The molecule has 0 unspecified atom stereocenters. The van der Waals surface area contributed by atoms with Crippen LogP contribution in [0.2, 0.25) is 0 Å². The minimum atomic E-state index is 0.0398. The highest BCUT2D eigenvalue weighted by molar-refractivity contribution is 5.80. The number of hydrogen-bond donors (Lipinski definition) is 2. The molecule has 0 spiro atoms. The van der Waals surface area contributed by atoms with Crippen LogP contribution in [-0.4, -0.2) is 17.1 Å². The molecule has 0 amide bonds. The van der Waals surface area contributed by atoms with E-state index >= 15 is 0 Å². The van der Waals surface area contributed by atoms with Crippen molar-refractivity contribution in [3.05, 3.63) is 29.5 Å². The van der Waals surface area contributed by atoms with Crippen LogP contribution < -0.4 is 10.5 Å². The van der Waals surface area contributed by atoms with E-state index in [9.17, 15) is 5.26 Å². The highest BCUT2D eigenvalue weighted by Gasteiger charge is 2.20. The molecular formula is C12H9N5O. The number of nitrogen functional groups attached to an aromatic ring is 1. The lowest BCUT2D eigenvalue weighted by atomic mass is 10.0. The van der Waals surface area contributed by atoms with Crippen molar-refractivity contribution in [2.75, 3.05) is 12.8 Å². The van der Waals surface area contributed by atoms with Gasteiger partial charge in [0.1, 0.15) is 29.1 Å². The lowest BCUT2D eigenvalue weighted by Crippen LogP contribution is -2.04. The quantitative estimate of drug-likeness (QED) is 0.822. The first-order valence-electron chi connectivity index (χ1n) is 5.04. The molecule has 6 heteroatoms. The molecular weight excluding hydrogens is 230 g/mol. The van der Waals surface area contributed by atoms with Gasteiger partial charge >= 0.3 is 0 Å². The van der Waals surface area contributed by atoms with Crippen LogP contribution >= 0.6 is 0 Å². The van der Waals surface area contributed by atoms with Gasteiger partial charge in [-0.05, 0) is 12.1 Å². The number of nitriles is 2. The van der Waals surface area contributed by atoms with Crippen molar-refractivity contribution in [2.45, 2.75) is 0 Å². The summed E-state index contributed by atoms with van der Waals surface area (Å²) >= 11 is 0. The molecule has 2 heterocycles. The summed E-state index contributed by atoms with van der Waals surface area (Å²) in [7, 11) is 1.40. The van der Waals surface area contributed by atoms with E-state index in [0.29, 0.717) is 11.3 Å². The van der Waals surface area contributed by atoms with Crippen LogP contribution in [0.1, 0.15) is 11.1 Å². The van der Waals surface area contributed by atoms with Crippen LogP contribution in [0.5, 0.6) is 5.88 Å². The van der Waals surface area contributed by atoms with Gasteiger partial charge in [0, 0.05) is 17.5 Å². The van der Waals surface area contributed by atoms with E-state index in [0.717, 1.165) is 0 Å². The molecule has 0 bridgehead atoms. The van der Waals surface area contributed by atoms with Crippen LogP contribution in [0.15, 0.2) is 18.3 Å². The number of pyridine rings is 1. The molecule has 0 aliphatic carbocycles. The summed E-state index contributed by atoms with van der Waals surface area (Å²) in [6.07, 6.45) is 1.70. The summed E-state index contributed by atoms with van der Waals surface area (Å²) in [5.74, 6) is 0.150. The SMILES string of the molecule is COc1nc(N)c(C#N)c(-c2ccc[nH]2)c1C#N. The molecule has 3 N–H and O–H groups in total. The van der Waals surface area contributed by atoms with Gasteiger partial charge in [0.05, 0.1) is 7.11 Å². The number of ether oxygens (including phenoxy) is 1. The highest BCUT2D eigenvalue weighted by atomic mass is 16.5. The first-order valence-corrected chi connectivity index (χ1v) is 5.04. The van der Waals surface area contributed by atoms with E-state index in [2.05, 4.69) is 9.97 Å². The van der Waals surface area contributed by atoms with Gasteiger partial charge in [-0.25, -0.2) is 0 Å². The van der Waals surface area contributed by atoms with E-state index in [1.807, 2.05) is 12.1 Å². The second-order valence-corrected chi connectivity index (χ2v) is 3.44. The summed E-state index contributed by atoms with van der Waals surface area (Å²) in [6.45, 7) is 0. The molecule has 2 aromatic rings. The number of nitrogens with two attached hydrogens (primary N) is 1. The molecule has 0 radical (unpaired) electrons. The Kier molecular flexibility index (Phi) is 2.86. The largest absolute Gasteiger partial charge is 0.480 e. The molecule has 2 rings (SSSR count). The zero-order chi connectivity index (χ0) is 13.1. The molecule has 0 aromatic carbocycles. The fourth-order valence-electron chi connectivity index (χ4n) is 1.70. The standard InChI is InChI=1S/C12H9N5O/c1-18-12-8(6-14)10(9-3-2-4-16-9)7(5-13)11(15)17-12/h2-4,16H,1H3,(H2,15,17). The topological polar surface area (TPSA) is 112 Å². The van der Waals surface area contributed by atoms with Crippen LogP contribution in [0, 0.1) is 22.7 Å². The van der Waals surface area contributed by atoms with Gasteiger partial charge in [0.15, 0.2) is 0 Å². The fourth-order valence-corrected chi connectivity index (χ4v) is 1.70. The van der Waals surface area contributed by atoms with E-state index < -0.39 is 0 Å². The number of rotatable bonds is 2. The maximum Gasteiger partial charge on any atom is 0.234 e. The third-order valence-corrected chi connectivity index (χ3v) is 2.48. The molecule has 0 aliphatic heterocycles. The zero-order valence-corrected chi connectivity index (χ0v) is 9.56. The number of anilines is 1. The van der Waals surface area contributed by atoms with Crippen molar-refractivity contribution in [1.82, 2.24) is 9.97 Å². The first kappa shape index (κ1) is 11.5. The molecule has 18 heavy (non-hydrogen) atoms. The first-order chi connectivity index (χ1) is 8.72. The number of methoxy groups -OCH3 is 1. The van der Waals surface area contributed by atoms with Crippen molar-refractivity contribution in [2.24, 2.45) is 0 Å². The number of nitrogens with zero attached hydrogens (tertiary/aromatic N) is 3. The number of nitrogens with one attached hydrogen (secondary N) is 1. The zero-order valence-electron chi connectivity index (χ0n) is 9.56. The third-order valence-electron chi connectivity index (χ3n) is 2.48. The Balaban J connectivity index is 2.88. The van der Waals surface area contributed by atoms with Crippen molar-refractivity contribution >= 4 is 5.82 Å². The van der Waals surface area contributed by atoms with E-state index in [4.69, 9.17) is 15.7 Å². The molecule has 0 aliphatic rings. The predicted octanol–water partition coefficient (Wildman–Crippen LogP) is 1.41. The average molecular weight is 239 g/mol. The van der Waals surface area contributed by atoms with Gasteiger partial charge in [-0.1, -0.05) is 0 Å².